The van der Waals surface area contributed by atoms with Crippen LogP contribution in [-0.2, 0) is 19.6 Å². The van der Waals surface area contributed by atoms with Gasteiger partial charge in [-0.15, -0.1) is 11.3 Å². The molecule has 0 saturated carbocycles. The lowest BCUT2D eigenvalue weighted by Gasteiger charge is -2.04. The van der Waals surface area contributed by atoms with Gasteiger partial charge in [-0.2, -0.15) is 5.10 Å². The van der Waals surface area contributed by atoms with Gasteiger partial charge in [0.25, 0.3) is 0 Å². The van der Waals surface area contributed by atoms with Crippen LogP contribution in [0.2, 0.25) is 5.15 Å². The van der Waals surface area contributed by atoms with Gasteiger partial charge in [0.15, 0.2) is 0 Å². The highest BCUT2D eigenvalue weighted by atomic mass is 35.5. The van der Waals surface area contributed by atoms with Crippen LogP contribution in [-0.4, -0.2) is 9.78 Å². The molecular formula is C15H22ClN3S. The van der Waals surface area contributed by atoms with Gasteiger partial charge in [0.1, 0.15) is 5.15 Å². The van der Waals surface area contributed by atoms with Crippen LogP contribution >= 0.6 is 22.9 Å². The van der Waals surface area contributed by atoms with E-state index in [2.05, 4.69) is 36.4 Å². The molecule has 20 heavy (non-hydrogen) atoms. The maximum absolute atomic E-state index is 6.41. The predicted octanol–water partition coefficient (Wildman–Crippen LogP) is 4.30. The standard InChI is InChI=1S/C15H22ClN3S/c1-4-5-8-19-15(16)14(12(3)18-19)10-17-9-13-7-6-11(2)20-13/h6-7,17H,4-5,8-10H2,1-3H3. The zero-order valence-corrected chi connectivity index (χ0v) is 13.9. The van der Waals surface area contributed by atoms with E-state index in [0.717, 1.165) is 48.9 Å². The average Bonchev–Trinajstić information content (AvgIpc) is 2.94. The minimum Gasteiger partial charge on any atom is -0.308 e. The van der Waals surface area contributed by atoms with Crippen LogP contribution in [0.5, 0.6) is 0 Å². The predicted molar refractivity (Wildman–Crippen MR) is 86.5 cm³/mol. The van der Waals surface area contributed by atoms with E-state index in [1.807, 2.05) is 22.9 Å². The average molecular weight is 312 g/mol. The number of rotatable bonds is 7. The third-order valence-corrected chi connectivity index (χ3v) is 4.73. The van der Waals surface area contributed by atoms with E-state index in [1.54, 1.807) is 0 Å². The van der Waals surface area contributed by atoms with Gasteiger partial charge in [0, 0.05) is 35.0 Å². The highest BCUT2D eigenvalue weighted by Crippen LogP contribution is 2.21. The zero-order chi connectivity index (χ0) is 14.5. The summed E-state index contributed by atoms with van der Waals surface area (Å²) >= 11 is 8.25. The number of halogens is 1. The first-order chi connectivity index (χ1) is 9.61. The van der Waals surface area contributed by atoms with Crippen molar-refractivity contribution in [3.63, 3.8) is 0 Å². The zero-order valence-electron chi connectivity index (χ0n) is 12.4. The minimum atomic E-state index is 0.772. The molecule has 2 aromatic heterocycles. The van der Waals surface area contributed by atoms with Crippen LogP contribution in [0.25, 0.3) is 0 Å². The molecule has 0 aliphatic heterocycles. The fraction of sp³-hybridized carbons (Fsp3) is 0.533. The molecular weight excluding hydrogens is 290 g/mol. The van der Waals surface area contributed by atoms with Crippen LogP contribution < -0.4 is 5.32 Å². The first kappa shape index (κ1) is 15.5. The molecule has 0 aliphatic carbocycles. The second-order valence-corrected chi connectivity index (χ2v) is 6.78. The fourth-order valence-electron chi connectivity index (χ4n) is 2.14. The maximum Gasteiger partial charge on any atom is 0.131 e. The summed E-state index contributed by atoms with van der Waals surface area (Å²) < 4.78 is 1.92. The summed E-state index contributed by atoms with van der Waals surface area (Å²) in [5.41, 5.74) is 2.15. The largest absolute Gasteiger partial charge is 0.308 e. The van der Waals surface area contributed by atoms with Gasteiger partial charge < -0.3 is 5.32 Å². The Labute approximate surface area is 130 Å². The Balaban J connectivity index is 1.93. The number of nitrogens with one attached hydrogen (secondary N) is 1. The van der Waals surface area contributed by atoms with Crippen molar-refractivity contribution in [3.05, 3.63) is 38.3 Å². The number of aryl methyl sites for hydroxylation is 3. The molecule has 1 N–H and O–H groups in total. The first-order valence-electron chi connectivity index (χ1n) is 7.09. The maximum atomic E-state index is 6.41. The van der Waals surface area contributed by atoms with Crippen LogP contribution in [0.15, 0.2) is 12.1 Å². The SMILES string of the molecule is CCCCn1nc(C)c(CNCc2ccc(C)s2)c1Cl. The number of hydrogen-bond acceptors (Lipinski definition) is 3. The van der Waals surface area contributed by atoms with Gasteiger partial charge in [-0.3, -0.25) is 4.68 Å². The van der Waals surface area contributed by atoms with Crippen molar-refractivity contribution in [1.82, 2.24) is 15.1 Å². The lowest BCUT2D eigenvalue weighted by Crippen LogP contribution is -2.12. The highest BCUT2D eigenvalue weighted by Gasteiger charge is 2.12. The van der Waals surface area contributed by atoms with Crippen molar-refractivity contribution in [2.24, 2.45) is 0 Å². The van der Waals surface area contributed by atoms with Crippen LogP contribution in [0, 0.1) is 13.8 Å². The second kappa shape index (κ2) is 7.25. The summed E-state index contributed by atoms with van der Waals surface area (Å²) in [5.74, 6) is 0. The van der Waals surface area contributed by atoms with Crippen molar-refractivity contribution in [2.45, 2.75) is 53.2 Å². The number of thiophene rings is 1. The summed E-state index contributed by atoms with van der Waals surface area (Å²) in [6.07, 6.45) is 2.27. The fourth-order valence-corrected chi connectivity index (χ4v) is 3.32. The number of hydrogen-bond donors (Lipinski definition) is 1. The van der Waals surface area contributed by atoms with E-state index < -0.39 is 0 Å². The molecule has 2 aromatic rings. The van der Waals surface area contributed by atoms with Crippen molar-refractivity contribution < 1.29 is 0 Å². The number of unbranched alkanes of at least 4 members (excludes halogenated alkanes) is 1. The van der Waals surface area contributed by atoms with E-state index in [9.17, 15) is 0 Å². The van der Waals surface area contributed by atoms with E-state index in [4.69, 9.17) is 11.6 Å². The Morgan fingerprint density at radius 3 is 2.75 bits per heavy atom. The third-order valence-electron chi connectivity index (χ3n) is 3.30. The van der Waals surface area contributed by atoms with Gasteiger partial charge in [-0.1, -0.05) is 24.9 Å². The van der Waals surface area contributed by atoms with E-state index in [0.29, 0.717) is 0 Å². The molecule has 0 radical (unpaired) electrons. The molecule has 5 heteroatoms. The van der Waals surface area contributed by atoms with Gasteiger partial charge in [0.2, 0.25) is 0 Å². The lowest BCUT2D eigenvalue weighted by molar-refractivity contribution is 0.568. The van der Waals surface area contributed by atoms with Crippen molar-refractivity contribution >= 4 is 22.9 Å². The molecule has 0 saturated heterocycles. The molecule has 0 atom stereocenters. The molecule has 0 bridgehead atoms. The molecule has 3 nitrogen and oxygen atoms in total. The van der Waals surface area contributed by atoms with Gasteiger partial charge in [0.05, 0.1) is 5.69 Å². The smallest absolute Gasteiger partial charge is 0.131 e. The molecule has 2 heterocycles. The Bertz CT molecular complexity index is 559. The molecule has 0 aromatic carbocycles. The van der Waals surface area contributed by atoms with Gasteiger partial charge in [-0.25, -0.2) is 0 Å². The van der Waals surface area contributed by atoms with Crippen molar-refractivity contribution in [2.75, 3.05) is 0 Å². The Kier molecular flexibility index (Phi) is 5.64. The molecule has 0 spiro atoms. The molecule has 0 aliphatic rings. The van der Waals surface area contributed by atoms with Crippen LogP contribution in [0.4, 0.5) is 0 Å². The second-order valence-electron chi connectivity index (χ2n) is 5.05. The number of aromatic nitrogens is 2. The summed E-state index contributed by atoms with van der Waals surface area (Å²) in [7, 11) is 0. The Morgan fingerprint density at radius 2 is 2.10 bits per heavy atom. The van der Waals surface area contributed by atoms with Crippen molar-refractivity contribution in [3.8, 4) is 0 Å². The van der Waals surface area contributed by atoms with Crippen LogP contribution in [0.3, 0.4) is 0 Å². The highest BCUT2D eigenvalue weighted by molar-refractivity contribution is 7.11. The topological polar surface area (TPSA) is 29.9 Å². The molecule has 110 valence electrons. The summed E-state index contributed by atoms with van der Waals surface area (Å²) in [6.45, 7) is 8.89. The monoisotopic (exact) mass is 311 g/mol. The van der Waals surface area contributed by atoms with Gasteiger partial charge in [-0.05, 0) is 32.4 Å². The van der Waals surface area contributed by atoms with E-state index in [-0.39, 0.29) is 0 Å². The summed E-state index contributed by atoms with van der Waals surface area (Å²) in [4.78, 5) is 2.71. The number of nitrogens with zero attached hydrogens (tertiary/aromatic N) is 2. The quantitative estimate of drug-likeness (QED) is 0.826. The summed E-state index contributed by atoms with van der Waals surface area (Å²) in [5, 5.41) is 8.76. The third kappa shape index (κ3) is 3.84. The van der Waals surface area contributed by atoms with Crippen molar-refractivity contribution in [1.29, 1.82) is 0 Å². The molecule has 0 amide bonds. The first-order valence-corrected chi connectivity index (χ1v) is 8.29. The Morgan fingerprint density at radius 1 is 1.30 bits per heavy atom. The van der Waals surface area contributed by atoms with Gasteiger partial charge >= 0.3 is 0 Å². The minimum absolute atomic E-state index is 0.772. The van der Waals surface area contributed by atoms with E-state index >= 15 is 0 Å². The van der Waals surface area contributed by atoms with E-state index in [1.165, 1.54) is 9.75 Å². The normalized spacial score (nSPS) is 11.2. The summed E-state index contributed by atoms with van der Waals surface area (Å²) in [6, 6.07) is 4.33. The molecule has 0 fully saturated rings. The lowest BCUT2D eigenvalue weighted by atomic mass is 10.2. The Hall–Kier alpha value is -0.840. The molecule has 2 rings (SSSR count). The van der Waals surface area contributed by atoms with Crippen LogP contribution in [0.1, 0.15) is 40.8 Å². The molecule has 0 unspecified atom stereocenters.